The highest BCUT2D eigenvalue weighted by Crippen LogP contribution is 2.21. The minimum atomic E-state index is -3.38. The minimum Gasteiger partial charge on any atom is -0.369 e. The molecule has 9 heteroatoms. The Kier molecular flexibility index (Phi) is 5.99. The lowest BCUT2D eigenvalue weighted by molar-refractivity contribution is 0.545. The molecule has 2 rings (SSSR count). The van der Waals surface area contributed by atoms with Gasteiger partial charge in [0.2, 0.25) is 10.0 Å². The lowest BCUT2D eigenvalue weighted by Crippen LogP contribution is -2.31. The van der Waals surface area contributed by atoms with Gasteiger partial charge < -0.3 is 5.32 Å². The zero-order valence-electron chi connectivity index (χ0n) is 13.2. The van der Waals surface area contributed by atoms with E-state index in [9.17, 15) is 16.8 Å². The second-order valence-corrected chi connectivity index (χ2v) is 10.0. The van der Waals surface area contributed by atoms with Gasteiger partial charge in [-0.25, -0.2) is 26.5 Å². The summed E-state index contributed by atoms with van der Waals surface area (Å²) in [7, 11) is -6.33. The number of nitrogens with zero attached hydrogens (tertiary/aromatic N) is 1. The number of sulfonamides is 1. The Hall–Kier alpha value is -1.19. The topological polar surface area (TPSA) is 105 Å². The average molecular weight is 361 g/mol. The highest BCUT2D eigenvalue weighted by atomic mass is 32.2. The minimum absolute atomic E-state index is 0.0319. The number of aryl methyl sites for hydroxylation is 1. The van der Waals surface area contributed by atoms with Crippen LogP contribution in [0.3, 0.4) is 0 Å². The quantitative estimate of drug-likeness (QED) is 0.655. The first kappa shape index (κ1) is 18.2. The molecule has 130 valence electrons. The summed E-state index contributed by atoms with van der Waals surface area (Å²) in [4.78, 5) is 4.17. The number of pyridine rings is 1. The van der Waals surface area contributed by atoms with Gasteiger partial charge in [-0.1, -0.05) is 6.07 Å². The van der Waals surface area contributed by atoms with Crippen LogP contribution in [0.4, 0.5) is 5.82 Å². The van der Waals surface area contributed by atoms with Crippen LogP contribution in [0.15, 0.2) is 18.3 Å². The summed E-state index contributed by atoms with van der Waals surface area (Å²) in [6.07, 6.45) is 2.63. The van der Waals surface area contributed by atoms with Crippen molar-refractivity contribution in [3.63, 3.8) is 0 Å². The molecule has 7 nitrogen and oxygen atoms in total. The van der Waals surface area contributed by atoms with Crippen molar-refractivity contribution in [2.24, 2.45) is 5.92 Å². The van der Waals surface area contributed by atoms with Crippen molar-refractivity contribution < 1.29 is 16.8 Å². The van der Waals surface area contributed by atoms with E-state index in [4.69, 9.17) is 0 Å². The van der Waals surface area contributed by atoms with E-state index < -0.39 is 19.9 Å². The predicted molar refractivity (Wildman–Crippen MR) is 90.6 cm³/mol. The van der Waals surface area contributed by atoms with Gasteiger partial charge in [0.25, 0.3) is 0 Å². The number of rotatable bonds is 8. The van der Waals surface area contributed by atoms with Crippen LogP contribution in [0.2, 0.25) is 0 Å². The molecule has 23 heavy (non-hydrogen) atoms. The molecule has 0 aromatic carbocycles. The van der Waals surface area contributed by atoms with Crippen molar-refractivity contribution in [1.29, 1.82) is 0 Å². The van der Waals surface area contributed by atoms with E-state index in [0.717, 1.165) is 11.4 Å². The van der Waals surface area contributed by atoms with E-state index in [-0.39, 0.29) is 29.7 Å². The van der Waals surface area contributed by atoms with Gasteiger partial charge in [-0.15, -0.1) is 0 Å². The fourth-order valence-electron chi connectivity index (χ4n) is 2.55. The Morgan fingerprint density at radius 3 is 2.78 bits per heavy atom. The van der Waals surface area contributed by atoms with Crippen molar-refractivity contribution >= 4 is 25.7 Å². The number of hydrogen-bond donors (Lipinski definition) is 2. The first-order valence-electron chi connectivity index (χ1n) is 7.61. The molecule has 1 aromatic rings. The van der Waals surface area contributed by atoms with Crippen molar-refractivity contribution in [2.45, 2.75) is 19.8 Å². The highest BCUT2D eigenvalue weighted by molar-refractivity contribution is 7.91. The third-order valence-corrected chi connectivity index (χ3v) is 7.12. The average Bonchev–Trinajstić information content (AvgIpc) is 2.83. The van der Waals surface area contributed by atoms with E-state index in [1.165, 1.54) is 0 Å². The largest absolute Gasteiger partial charge is 0.369 e. The lowest BCUT2D eigenvalue weighted by atomic mass is 10.1. The van der Waals surface area contributed by atoms with Gasteiger partial charge in [0.1, 0.15) is 5.82 Å². The van der Waals surface area contributed by atoms with Crippen LogP contribution < -0.4 is 10.0 Å². The number of sulfone groups is 1. The summed E-state index contributed by atoms with van der Waals surface area (Å²) in [5, 5.41) is 3.08. The summed E-state index contributed by atoms with van der Waals surface area (Å²) in [5.74, 6) is 0.964. The Bertz CT molecular complexity index is 732. The first-order valence-corrected chi connectivity index (χ1v) is 11.1. The number of nitrogens with one attached hydrogen (secondary N) is 2. The van der Waals surface area contributed by atoms with E-state index in [0.29, 0.717) is 19.4 Å². The molecule has 0 radical (unpaired) electrons. The smallest absolute Gasteiger partial charge is 0.211 e. The molecule has 1 fully saturated rings. The normalized spacial score (nSPS) is 20.5. The van der Waals surface area contributed by atoms with Gasteiger partial charge in [-0.05, 0) is 37.3 Å². The molecule has 1 saturated heterocycles. The summed E-state index contributed by atoms with van der Waals surface area (Å²) < 4.78 is 49.1. The molecule has 1 unspecified atom stereocenters. The molecule has 1 aliphatic heterocycles. The monoisotopic (exact) mass is 361 g/mol. The molecular formula is C14H23N3O4S2. The van der Waals surface area contributed by atoms with Crippen molar-refractivity contribution in [3.8, 4) is 0 Å². The molecule has 1 aliphatic rings. The first-order chi connectivity index (χ1) is 10.8. The van der Waals surface area contributed by atoms with E-state index in [2.05, 4.69) is 15.0 Å². The molecule has 0 bridgehead atoms. The Morgan fingerprint density at radius 1 is 1.35 bits per heavy atom. The van der Waals surface area contributed by atoms with Gasteiger partial charge >= 0.3 is 0 Å². The molecule has 0 amide bonds. The number of anilines is 1. The standard InChI is InChI=1S/C14H23N3O4S2/c1-12-3-2-6-15-14(12)16-7-8-17-23(20,21)10-5-13-4-9-22(18,19)11-13/h2-3,6,13,17H,4-5,7-11H2,1H3,(H,15,16). The van der Waals surface area contributed by atoms with E-state index in [1.54, 1.807) is 6.20 Å². The number of hydrogen-bond acceptors (Lipinski definition) is 6. The molecular weight excluding hydrogens is 338 g/mol. The third-order valence-electron chi connectivity index (χ3n) is 3.87. The zero-order valence-corrected chi connectivity index (χ0v) is 14.8. The second-order valence-electron chi connectivity index (χ2n) is 5.87. The maximum Gasteiger partial charge on any atom is 0.211 e. The van der Waals surface area contributed by atoms with Gasteiger partial charge in [0.05, 0.1) is 17.3 Å². The van der Waals surface area contributed by atoms with Crippen LogP contribution in [-0.4, -0.2) is 52.2 Å². The fourth-order valence-corrected chi connectivity index (χ4v) is 5.66. The van der Waals surface area contributed by atoms with Crippen LogP contribution >= 0.6 is 0 Å². The third kappa shape index (κ3) is 6.08. The summed E-state index contributed by atoms with van der Waals surface area (Å²) >= 11 is 0. The van der Waals surface area contributed by atoms with Crippen molar-refractivity contribution in [3.05, 3.63) is 23.9 Å². The zero-order chi connectivity index (χ0) is 16.9. The molecule has 2 heterocycles. The van der Waals surface area contributed by atoms with Crippen LogP contribution in [0.25, 0.3) is 0 Å². The van der Waals surface area contributed by atoms with Crippen LogP contribution in [0.5, 0.6) is 0 Å². The van der Waals surface area contributed by atoms with Crippen molar-refractivity contribution in [2.75, 3.05) is 35.7 Å². The van der Waals surface area contributed by atoms with Crippen LogP contribution in [-0.2, 0) is 19.9 Å². The maximum absolute atomic E-state index is 11.9. The summed E-state index contributed by atoms with van der Waals surface area (Å²) in [5.41, 5.74) is 0.998. The van der Waals surface area contributed by atoms with E-state index in [1.807, 2.05) is 19.1 Å². The van der Waals surface area contributed by atoms with Crippen LogP contribution in [0.1, 0.15) is 18.4 Å². The predicted octanol–water partition coefficient (Wildman–Crippen LogP) is 0.546. The maximum atomic E-state index is 11.9. The van der Waals surface area contributed by atoms with E-state index >= 15 is 0 Å². The number of aromatic nitrogens is 1. The molecule has 0 aliphatic carbocycles. The SMILES string of the molecule is Cc1cccnc1NCCNS(=O)(=O)CCC1CCS(=O)(=O)C1. The van der Waals surface area contributed by atoms with Gasteiger partial charge in [0, 0.05) is 19.3 Å². The Morgan fingerprint density at radius 2 is 2.13 bits per heavy atom. The molecule has 2 N–H and O–H groups in total. The van der Waals surface area contributed by atoms with Crippen LogP contribution in [0, 0.1) is 12.8 Å². The van der Waals surface area contributed by atoms with Gasteiger partial charge in [-0.2, -0.15) is 0 Å². The van der Waals surface area contributed by atoms with Gasteiger partial charge in [-0.3, -0.25) is 0 Å². The molecule has 1 aromatic heterocycles. The molecule has 0 spiro atoms. The second kappa shape index (κ2) is 7.59. The summed E-state index contributed by atoms with van der Waals surface area (Å²) in [6, 6.07) is 3.77. The Labute approximate surface area is 137 Å². The highest BCUT2D eigenvalue weighted by Gasteiger charge is 2.28. The van der Waals surface area contributed by atoms with Crippen molar-refractivity contribution in [1.82, 2.24) is 9.71 Å². The Balaban J connectivity index is 1.69. The molecule has 0 saturated carbocycles. The fraction of sp³-hybridized carbons (Fsp3) is 0.643. The summed E-state index contributed by atoms with van der Waals surface area (Å²) in [6.45, 7) is 2.63. The van der Waals surface area contributed by atoms with Gasteiger partial charge in [0.15, 0.2) is 9.84 Å². The molecule has 1 atom stereocenters. The lowest BCUT2D eigenvalue weighted by Gasteiger charge is -2.11.